The first-order valence-electron chi connectivity index (χ1n) is 8.09. The molecule has 0 aliphatic heterocycles. The van der Waals surface area contributed by atoms with E-state index >= 15 is 0 Å². The molecule has 0 radical (unpaired) electrons. The number of carbonyl (C=O) groups is 2. The molecule has 1 heterocycles. The summed E-state index contributed by atoms with van der Waals surface area (Å²) in [6.45, 7) is 4.02. The highest BCUT2D eigenvalue weighted by molar-refractivity contribution is 7.10. The fourth-order valence-corrected chi connectivity index (χ4v) is 3.07. The van der Waals surface area contributed by atoms with Gasteiger partial charge in [0.15, 0.2) is 6.61 Å². The van der Waals surface area contributed by atoms with Crippen LogP contribution in [0.1, 0.15) is 34.1 Å². The first-order chi connectivity index (χ1) is 12.0. The maximum atomic E-state index is 12.2. The number of amides is 1. The van der Waals surface area contributed by atoms with Crippen molar-refractivity contribution in [2.75, 3.05) is 26.0 Å². The number of benzene rings is 1. The van der Waals surface area contributed by atoms with Crippen molar-refractivity contribution < 1.29 is 14.3 Å². The number of nitrogens with zero attached hydrogens (tertiary/aromatic N) is 2. The monoisotopic (exact) mass is 361 g/mol. The highest BCUT2D eigenvalue weighted by atomic mass is 32.1. The molecule has 6 nitrogen and oxygen atoms in total. The molecule has 0 aliphatic rings. The smallest absolute Gasteiger partial charge is 0.343 e. The Morgan fingerprint density at radius 1 is 1.24 bits per heavy atom. The van der Waals surface area contributed by atoms with Crippen molar-refractivity contribution in [3.8, 4) is 0 Å². The Morgan fingerprint density at radius 3 is 2.48 bits per heavy atom. The summed E-state index contributed by atoms with van der Waals surface area (Å²) in [6, 6.07) is 8.13. The molecule has 1 N–H and O–H groups in total. The quantitative estimate of drug-likeness (QED) is 0.768. The highest BCUT2D eigenvalue weighted by Crippen LogP contribution is 2.24. The summed E-state index contributed by atoms with van der Waals surface area (Å²) in [5, 5.41) is 3.55. The van der Waals surface area contributed by atoms with E-state index in [1.54, 1.807) is 25.9 Å². The van der Waals surface area contributed by atoms with E-state index in [0.29, 0.717) is 22.8 Å². The summed E-state index contributed by atoms with van der Waals surface area (Å²) in [5.41, 5.74) is 3.27. The van der Waals surface area contributed by atoms with Crippen molar-refractivity contribution in [2.24, 2.45) is 0 Å². The van der Waals surface area contributed by atoms with Gasteiger partial charge in [-0.1, -0.05) is 31.2 Å². The lowest BCUT2D eigenvalue weighted by molar-refractivity contribution is -0.133. The Labute approximate surface area is 152 Å². The summed E-state index contributed by atoms with van der Waals surface area (Å²) in [5.74, 6) is -0.788. The first-order valence-corrected chi connectivity index (χ1v) is 8.86. The third-order valence-electron chi connectivity index (χ3n) is 3.90. The number of hydrogen-bond acceptors (Lipinski definition) is 6. The molecule has 2 aromatic rings. The molecule has 0 fully saturated rings. The van der Waals surface area contributed by atoms with E-state index in [1.165, 1.54) is 17.1 Å². The van der Waals surface area contributed by atoms with Crippen LogP contribution in [-0.4, -0.2) is 41.9 Å². The highest BCUT2D eigenvalue weighted by Gasteiger charge is 2.21. The van der Waals surface area contributed by atoms with E-state index < -0.39 is 5.97 Å². The second kappa shape index (κ2) is 8.62. The average Bonchev–Trinajstić information content (AvgIpc) is 3.00. The molecule has 1 aromatic heterocycles. The summed E-state index contributed by atoms with van der Waals surface area (Å²) < 4.78 is 9.29. The fraction of sp³-hybridized carbons (Fsp3) is 0.389. The SMILES string of the molecule is CCc1ccc(CN(C)C(=O)COC(=O)c2c(C)nsc2NC)cc1. The average molecular weight is 361 g/mol. The van der Waals surface area contributed by atoms with Crippen molar-refractivity contribution in [1.29, 1.82) is 0 Å². The van der Waals surface area contributed by atoms with Gasteiger partial charge in [-0.3, -0.25) is 4.79 Å². The van der Waals surface area contributed by atoms with Crippen molar-refractivity contribution in [2.45, 2.75) is 26.8 Å². The van der Waals surface area contributed by atoms with E-state index in [4.69, 9.17) is 4.74 Å². The van der Waals surface area contributed by atoms with Gasteiger partial charge in [0.1, 0.15) is 10.6 Å². The Balaban J connectivity index is 1.90. The maximum Gasteiger partial charge on any atom is 0.343 e. The number of rotatable bonds is 7. The van der Waals surface area contributed by atoms with Crippen LogP contribution in [-0.2, 0) is 22.5 Å². The number of carbonyl (C=O) groups excluding carboxylic acids is 2. The number of hydrogen-bond donors (Lipinski definition) is 1. The second-order valence-corrected chi connectivity index (χ2v) is 6.49. The van der Waals surface area contributed by atoms with Gasteiger partial charge >= 0.3 is 5.97 Å². The number of nitrogens with one attached hydrogen (secondary N) is 1. The molecule has 0 unspecified atom stereocenters. The van der Waals surface area contributed by atoms with E-state index in [-0.39, 0.29) is 12.5 Å². The third-order valence-corrected chi connectivity index (χ3v) is 4.85. The van der Waals surface area contributed by atoms with Crippen LogP contribution in [0.15, 0.2) is 24.3 Å². The molecule has 1 aromatic carbocycles. The number of aromatic nitrogens is 1. The number of ether oxygens (including phenoxy) is 1. The molecule has 25 heavy (non-hydrogen) atoms. The van der Waals surface area contributed by atoms with Gasteiger partial charge in [-0.05, 0) is 36.0 Å². The lowest BCUT2D eigenvalue weighted by Gasteiger charge is -2.17. The summed E-state index contributed by atoms with van der Waals surface area (Å²) >= 11 is 1.19. The first kappa shape index (κ1) is 18.9. The normalized spacial score (nSPS) is 10.4. The number of anilines is 1. The van der Waals surface area contributed by atoms with Crippen LogP contribution in [0, 0.1) is 6.92 Å². The van der Waals surface area contributed by atoms with Gasteiger partial charge in [0.05, 0.1) is 5.69 Å². The Morgan fingerprint density at radius 2 is 1.88 bits per heavy atom. The maximum absolute atomic E-state index is 12.2. The van der Waals surface area contributed by atoms with Gasteiger partial charge < -0.3 is 15.0 Å². The minimum atomic E-state index is -0.537. The molecule has 0 atom stereocenters. The zero-order valence-corrected chi connectivity index (χ0v) is 15.8. The standard InChI is InChI=1S/C18H23N3O3S/c1-5-13-6-8-14(9-7-13)10-21(4)15(22)11-24-18(23)16-12(2)20-25-17(16)19-3/h6-9,19H,5,10-11H2,1-4H3. The fourth-order valence-electron chi connectivity index (χ4n) is 2.33. The second-order valence-electron chi connectivity index (χ2n) is 5.72. The Kier molecular flexibility index (Phi) is 6.52. The molecule has 0 saturated carbocycles. The van der Waals surface area contributed by atoms with Gasteiger partial charge in [-0.25, -0.2) is 4.79 Å². The van der Waals surface area contributed by atoms with Crippen LogP contribution >= 0.6 is 11.5 Å². The molecule has 0 spiro atoms. The molecular weight excluding hydrogens is 338 g/mol. The van der Waals surface area contributed by atoms with Gasteiger partial charge in [0, 0.05) is 20.6 Å². The molecule has 2 rings (SSSR count). The molecule has 0 saturated heterocycles. The van der Waals surface area contributed by atoms with E-state index in [2.05, 4.69) is 28.7 Å². The predicted octanol–water partition coefficient (Wildman–Crippen LogP) is 2.87. The third kappa shape index (κ3) is 4.79. The Bertz CT molecular complexity index is 741. The molecule has 0 aliphatic carbocycles. The zero-order chi connectivity index (χ0) is 18.4. The Hall–Kier alpha value is -2.41. The molecule has 1 amide bonds. The van der Waals surface area contributed by atoms with Crippen LogP contribution in [0.5, 0.6) is 0 Å². The summed E-state index contributed by atoms with van der Waals surface area (Å²) in [6.07, 6.45) is 0.983. The van der Waals surface area contributed by atoms with Crippen LogP contribution in [0.2, 0.25) is 0 Å². The van der Waals surface area contributed by atoms with E-state index in [0.717, 1.165) is 12.0 Å². The molecular formula is C18H23N3O3S. The van der Waals surface area contributed by atoms with Crippen molar-refractivity contribution in [3.05, 3.63) is 46.6 Å². The van der Waals surface area contributed by atoms with Gasteiger partial charge in [-0.2, -0.15) is 4.37 Å². The number of likely N-dealkylation sites (N-methyl/N-ethyl adjacent to an activating group) is 1. The summed E-state index contributed by atoms with van der Waals surface area (Å²) in [7, 11) is 3.41. The van der Waals surface area contributed by atoms with Crippen LogP contribution < -0.4 is 5.32 Å². The molecule has 7 heteroatoms. The summed E-state index contributed by atoms with van der Waals surface area (Å²) in [4.78, 5) is 25.9. The topological polar surface area (TPSA) is 71.5 Å². The van der Waals surface area contributed by atoms with Crippen molar-refractivity contribution >= 4 is 28.4 Å². The lowest BCUT2D eigenvalue weighted by atomic mass is 10.1. The van der Waals surface area contributed by atoms with Gasteiger partial charge in [-0.15, -0.1) is 0 Å². The van der Waals surface area contributed by atoms with Gasteiger partial charge in [0.25, 0.3) is 5.91 Å². The zero-order valence-electron chi connectivity index (χ0n) is 15.0. The minimum Gasteiger partial charge on any atom is -0.452 e. The lowest BCUT2D eigenvalue weighted by Crippen LogP contribution is -2.31. The molecule has 134 valence electrons. The van der Waals surface area contributed by atoms with Crippen LogP contribution in [0.4, 0.5) is 5.00 Å². The minimum absolute atomic E-state index is 0.250. The predicted molar refractivity (Wildman–Crippen MR) is 99.0 cm³/mol. The van der Waals surface area contributed by atoms with Crippen molar-refractivity contribution in [1.82, 2.24) is 9.27 Å². The van der Waals surface area contributed by atoms with Crippen LogP contribution in [0.3, 0.4) is 0 Å². The van der Waals surface area contributed by atoms with E-state index in [1.807, 2.05) is 12.1 Å². The number of esters is 1. The van der Waals surface area contributed by atoms with Gasteiger partial charge in [0.2, 0.25) is 0 Å². The number of aryl methyl sites for hydroxylation is 2. The largest absolute Gasteiger partial charge is 0.452 e. The van der Waals surface area contributed by atoms with Crippen LogP contribution in [0.25, 0.3) is 0 Å². The van der Waals surface area contributed by atoms with Crippen molar-refractivity contribution in [3.63, 3.8) is 0 Å². The molecule has 0 bridgehead atoms. The van der Waals surface area contributed by atoms with E-state index in [9.17, 15) is 9.59 Å².